The van der Waals surface area contributed by atoms with Crippen molar-refractivity contribution in [2.75, 3.05) is 13.2 Å². The van der Waals surface area contributed by atoms with Crippen molar-refractivity contribution in [1.29, 1.82) is 0 Å². The zero-order chi connectivity index (χ0) is 12.1. The fourth-order valence-corrected chi connectivity index (χ4v) is 2.46. The highest BCUT2D eigenvalue weighted by Crippen LogP contribution is 2.23. The predicted molar refractivity (Wildman–Crippen MR) is 63.7 cm³/mol. The molecule has 0 radical (unpaired) electrons. The first-order valence-corrected chi connectivity index (χ1v) is 6.22. The second-order valence-corrected chi connectivity index (χ2v) is 4.46. The van der Waals surface area contributed by atoms with E-state index in [1.165, 1.54) is 30.2 Å². The number of carbonyl (C=O) groups is 1. The van der Waals surface area contributed by atoms with Crippen molar-refractivity contribution in [2.45, 2.75) is 38.1 Å². The molecular formula is C12H19N3O2. The molecule has 0 unspecified atom stereocenters. The average molecular weight is 237 g/mol. The van der Waals surface area contributed by atoms with Gasteiger partial charge in [0.05, 0.1) is 6.61 Å². The van der Waals surface area contributed by atoms with Gasteiger partial charge in [-0.2, -0.15) is 0 Å². The molecule has 0 bridgehead atoms. The summed E-state index contributed by atoms with van der Waals surface area (Å²) in [7, 11) is 0. The Labute approximate surface area is 101 Å². The van der Waals surface area contributed by atoms with Gasteiger partial charge in [-0.3, -0.25) is 4.57 Å². The molecule has 1 aliphatic rings. The number of carbonyl (C=O) groups excluding carboxylic acids is 1. The van der Waals surface area contributed by atoms with Crippen LogP contribution in [0.2, 0.25) is 0 Å². The van der Waals surface area contributed by atoms with E-state index in [4.69, 9.17) is 5.11 Å². The Morgan fingerprint density at radius 2 is 2.18 bits per heavy atom. The Bertz CT molecular complexity index is 345. The second kappa shape index (κ2) is 5.82. The molecule has 1 N–H and O–H groups in total. The fraction of sp³-hybridized carbons (Fsp3) is 0.667. The number of nitrogens with zero attached hydrogens (tertiary/aromatic N) is 3. The Morgan fingerprint density at radius 1 is 1.41 bits per heavy atom. The molecule has 0 aliphatic heterocycles. The zero-order valence-electron chi connectivity index (χ0n) is 9.96. The Morgan fingerprint density at radius 3 is 2.76 bits per heavy atom. The van der Waals surface area contributed by atoms with E-state index in [9.17, 15) is 4.79 Å². The fourth-order valence-electron chi connectivity index (χ4n) is 2.46. The van der Waals surface area contributed by atoms with Crippen LogP contribution < -0.4 is 0 Å². The lowest BCUT2D eigenvalue weighted by Crippen LogP contribution is -2.44. The molecule has 1 amide bonds. The van der Waals surface area contributed by atoms with Crippen LogP contribution in [0.5, 0.6) is 0 Å². The molecule has 2 rings (SSSR count). The monoisotopic (exact) mass is 237 g/mol. The number of aliphatic hydroxyl groups is 1. The van der Waals surface area contributed by atoms with Gasteiger partial charge < -0.3 is 10.0 Å². The van der Waals surface area contributed by atoms with E-state index in [-0.39, 0.29) is 18.7 Å². The minimum Gasteiger partial charge on any atom is -0.395 e. The van der Waals surface area contributed by atoms with E-state index in [1.54, 1.807) is 17.3 Å². The number of rotatable bonds is 3. The first-order valence-electron chi connectivity index (χ1n) is 6.22. The van der Waals surface area contributed by atoms with Gasteiger partial charge in [0.25, 0.3) is 0 Å². The molecule has 1 saturated carbocycles. The third-order valence-electron chi connectivity index (χ3n) is 3.33. The summed E-state index contributed by atoms with van der Waals surface area (Å²) < 4.78 is 1.48. The Kier molecular flexibility index (Phi) is 4.14. The van der Waals surface area contributed by atoms with Crippen molar-refractivity contribution in [3.05, 3.63) is 18.7 Å². The van der Waals surface area contributed by atoms with Crippen molar-refractivity contribution in [1.82, 2.24) is 14.5 Å². The molecular weight excluding hydrogens is 218 g/mol. The lowest BCUT2D eigenvalue weighted by atomic mass is 9.94. The number of hydrogen-bond donors (Lipinski definition) is 1. The van der Waals surface area contributed by atoms with Gasteiger partial charge in [-0.1, -0.05) is 19.3 Å². The van der Waals surface area contributed by atoms with Gasteiger partial charge >= 0.3 is 6.03 Å². The number of imidazole rings is 1. The summed E-state index contributed by atoms with van der Waals surface area (Å²) in [5, 5.41) is 9.09. The third-order valence-corrected chi connectivity index (χ3v) is 3.33. The molecule has 1 aromatic rings. The van der Waals surface area contributed by atoms with Crippen molar-refractivity contribution >= 4 is 6.03 Å². The van der Waals surface area contributed by atoms with Crippen LogP contribution in [-0.2, 0) is 0 Å². The summed E-state index contributed by atoms with van der Waals surface area (Å²) in [5.41, 5.74) is 0. The zero-order valence-corrected chi connectivity index (χ0v) is 9.96. The van der Waals surface area contributed by atoms with Crippen LogP contribution in [0, 0.1) is 0 Å². The van der Waals surface area contributed by atoms with Gasteiger partial charge in [0, 0.05) is 25.0 Å². The largest absolute Gasteiger partial charge is 0.395 e. The van der Waals surface area contributed by atoms with Gasteiger partial charge in [-0.25, -0.2) is 9.78 Å². The molecule has 0 spiro atoms. The molecule has 5 heteroatoms. The molecule has 0 aromatic carbocycles. The molecule has 0 saturated heterocycles. The summed E-state index contributed by atoms with van der Waals surface area (Å²) in [5.74, 6) is 0. The normalized spacial score (nSPS) is 17.0. The van der Waals surface area contributed by atoms with Gasteiger partial charge in [0.1, 0.15) is 6.33 Å². The summed E-state index contributed by atoms with van der Waals surface area (Å²) in [6.45, 7) is 0.415. The van der Waals surface area contributed by atoms with E-state index < -0.39 is 0 Å². The maximum absolute atomic E-state index is 12.2. The third kappa shape index (κ3) is 2.85. The van der Waals surface area contributed by atoms with E-state index >= 15 is 0 Å². The maximum atomic E-state index is 12.2. The van der Waals surface area contributed by atoms with Crippen molar-refractivity contribution in [2.24, 2.45) is 0 Å². The highest BCUT2D eigenvalue weighted by Gasteiger charge is 2.25. The van der Waals surface area contributed by atoms with Crippen molar-refractivity contribution in [3.8, 4) is 0 Å². The SMILES string of the molecule is O=C(N(CCO)C1CCCCC1)n1ccnc1. The smallest absolute Gasteiger partial charge is 0.329 e. The molecule has 1 aliphatic carbocycles. The molecule has 5 nitrogen and oxygen atoms in total. The lowest BCUT2D eigenvalue weighted by Gasteiger charge is -2.33. The lowest BCUT2D eigenvalue weighted by molar-refractivity contribution is 0.135. The van der Waals surface area contributed by atoms with E-state index in [0.29, 0.717) is 6.54 Å². The van der Waals surface area contributed by atoms with Crippen LogP contribution in [-0.4, -0.2) is 44.8 Å². The standard InChI is InChI=1S/C12H19N3O2/c16-9-8-15(11-4-2-1-3-5-11)12(17)14-7-6-13-10-14/h6-7,10-11,16H,1-5,8-9H2. The topological polar surface area (TPSA) is 58.4 Å². The summed E-state index contributed by atoms with van der Waals surface area (Å²) in [6, 6.07) is 0.189. The first-order chi connectivity index (χ1) is 8.33. The highest BCUT2D eigenvalue weighted by molar-refractivity contribution is 5.77. The summed E-state index contributed by atoms with van der Waals surface area (Å²) >= 11 is 0. The number of hydrogen-bond acceptors (Lipinski definition) is 3. The van der Waals surface area contributed by atoms with E-state index in [0.717, 1.165) is 12.8 Å². The van der Waals surface area contributed by atoms with E-state index in [2.05, 4.69) is 4.98 Å². The molecule has 94 valence electrons. The van der Waals surface area contributed by atoms with Crippen LogP contribution in [0.1, 0.15) is 32.1 Å². The van der Waals surface area contributed by atoms with Crippen molar-refractivity contribution < 1.29 is 9.90 Å². The van der Waals surface area contributed by atoms with Gasteiger partial charge in [0.15, 0.2) is 0 Å². The summed E-state index contributed by atoms with van der Waals surface area (Å²) in [6.07, 6.45) is 10.4. The van der Waals surface area contributed by atoms with Gasteiger partial charge in [-0.05, 0) is 12.8 Å². The molecule has 17 heavy (non-hydrogen) atoms. The maximum Gasteiger partial charge on any atom is 0.329 e. The van der Waals surface area contributed by atoms with Gasteiger partial charge in [-0.15, -0.1) is 0 Å². The van der Waals surface area contributed by atoms with Crippen molar-refractivity contribution in [3.63, 3.8) is 0 Å². The highest BCUT2D eigenvalue weighted by atomic mass is 16.3. The first kappa shape index (κ1) is 12.1. The molecule has 1 heterocycles. The Balaban J connectivity index is 2.07. The number of amides is 1. The molecule has 0 atom stereocenters. The Hall–Kier alpha value is -1.36. The van der Waals surface area contributed by atoms with Gasteiger partial charge in [0.2, 0.25) is 0 Å². The van der Waals surface area contributed by atoms with Crippen LogP contribution >= 0.6 is 0 Å². The van der Waals surface area contributed by atoms with Crippen LogP contribution in [0.4, 0.5) is 4.79 Å². The minimum atomic E-state index is -0.0801. The number of aliphatic hydroxyl groups excluding tert-OH is 1. The average Bonchev–Trinajstić information content (AvgIpc) is 2.90. The second-order valence-electron chi connectivity index (χ2n) is 4.46. The van der Waals surface area contributed by atoms with E-state index in [1.807, 2.05) is 0 Å². The molecule has 1 aromatic heterocycles. The molecule has 1 fully saturated rings. The van der Waals surface area contributed by atoms with Crippen LogP contribution in [0.3, 0.4) is 0 Å². The number of aromatic nitrogens is 2. The predicted octanol–water partition coefficient (Wildman–Crippen LogP) is 1.48. The van der Waals surface area contributed by atoms with Crippen LogP contribution in [0.25, 0.3) is 0 Å². The summed E-state index contributed by atoms with van der Waals surface area (Å²) in [4.78, 5) is 17.9. The quantitative estimate of drug-likeness (QED) is 0.866. The minimum absolute atomic E-state index is 0.0109. The van der Waals surface area contributed by atoms with Crippen LogP contribution in [0.15, 0.2) is 18.7 Å².